The fourth-order valence-corrected chi connectivity index (χ4v) is 0.872. The molecule has 0 amide bonds. The number of carbonyl (C=O) groups is 2. The van der Waals surface area contributed by atoms with Crippen molar-refractivity contribution in [3.8, 4) is 0 Å². The van der Waals surface area contributed by atoms with Crippen LogP contribution in [0.25, 0.3) is 0 Å². The van der Waals surface area contributed by atoms with E-state index in [2.05, 4.69) is 0 Å². The number of aliphatic carboxylic acids is 1. The normalized spacial score (nSPS) is 14.0. The summed E-state index contributed by atoms with van der Waals surface area (Å²) in [5.41, 5.74) is -0.516. The molecule has 0 radical (unpaired) electrons. The number of carboxylic acids is 1. The predicted octanol–water partition coefficient (Wildman–Crippen LogP) is 1.71. The average molecular weight is 172 g/mol. The molecule has 70 valence electrons. The van der Waals surface area contributed by atoms with Crippen LogP contribution in [0.5, 0.6) is 0 Å². The lowest BCUT2D eigenvalue weighted by Crippen LogP contribution is -2.33. The van der Waals surface area contributed by atoms with E-state index in [-0.39, 0.29) is 5.78 Å². The molecule has 0 saturated carbocycles. The zero-order chi connectivity index (χ0) is 9.94. The van der Waals surface area contributed by atoms with Crippen molar-refractivity contribution < 1.29 is 14.7 Å². The number of carbonyl (C=O) groups excluding carboxylic acids is 1. The lowest BCUT2D eigenvalue weighted by molar-refractivity contribution is -0.148. The molecule has 0 aliphatic heterocycles. The van der Waals surface area contributed by atoms with Gasteiger partial charge in [-0.2, -0.15) is 0 Å². The van der Waals surface area contributed by atoms with Crippen LogP contribution in [0, 0.1) is 11.3 Å². The maximum atomic E-state index is 11.5. The van der Waals surface area contributed by atoms with Gasteiger partial charge >= 0.3 is 5.97 Å². The summed E-state index contributed by atoms with van der Waals surface area (Å²) >= 11 is 0. The number of Topliss-reactive ketones (excluding diaryl/α,β-unsaturated/α-hetero) is 1. The molecular formula is C9H16O3. The lowest BCUT2D eigenvalue weighted by atomic mass is 9.80. The number of ketones is 1. The third kappa shape index (κ3) is 2.32. The van der Waals surface area contributed by atoms with Gasteiger partial charge in [0.15, 0.2) is 5.78 Å². The smallest absolute Gasteiger partial charge is 0.313 e. The average Bonchev–Trinajstić information content (AvgIpc) is 2.01. The van der Waals surface area contributed by atoms with E-state index < -0.39 is 17.3 Å². The molecule has 3 nitrogen and oxygen atoms in total. The van der Waals surface area contributed by atoms with Crippen LogP contribution in [0.2, 0.25) is 0 Å². The van der Waals surface area contributed by atoms with Crippen molar-refractivity contribution in [3.63, 3.8) is 0 Å². The summed E-state index contributed by atoms with van der Waals surface area (Å²) in [6.07, 6.45) is 0.670. The molecule has 0 rings (SSSR count). The molecule has 0 aromatic heterocycles. The van der Waals surface area contributed by atoms with Gasteiger partial charge in [0.2, 0.25) is 0 Å². The third-order valence-electron chi connectivity index (χ3n) is 2.31. The molecule has 0 spiro atoms. The van der Waals surface area contributed by atoms with Gasteiger partial charge in [-0.05, 0) is 13.3 Å². The first-order chi connectivity index (χ1) is 5.33. The SMILES string of the molecule is CCC(C)(C)C(=O)C(C)C(=O)O. The second-order valence-corrected chi connectivity index (χ2v) is 3.66. The second-order valence-electron chi connectivity index (χ2n) is 3.66. The molecule has 0 aliphatic rings. The molecule has 0 aliphatic carbocycles. The van der Waals surface area contributed by atoms with Crippen molar-refractivity contribution in [2.75, 3.05) is 0 Å². The Kier molecular flexibility index (Phi) is 3.43. The Morgan fingerprint density at radius 1 is 1.42 bits per heavy atom. The highest BCUT2D eigenvalue weighted by Crippen LogP contribution is 2.24. The maximum absolute atomic E-state index is 11.5. The Morgan fingerprint density at radius 3 is 2.08 bits per heavy atom. The van der Waals surface area contributed by atoms with E-state index in [1.54, 1.807) is 13.8 Å². The topological polar surface area (TPSA) is 54.4 Å². The Labute approximate surface area is 72.8 Å². The summed E-state index contributed by atoms with van der Waals surface area (Å²) in [5, 5.41) is 8.59. The van der Waals surface area contributed by atoms with Crippen molar-refractivity contribution in [2.24, 2.45) is 11.3 Å². The van der Waals surface area contributed by atoms with Gasteiger partial charge in [-0.15, -0.1) is 0 Å². The van der Waals surface area contributed by atoms with Gasteiger partial charge in [0.05, 0.1) is 0 Å². The Hall–Kier alpha value is -0.860. The van der Waals surface area contributed by atoms with Crippen molar-refractivity contribution >= 4 is 11.8 Å². The zero-order valence-electron chi connectivity index (χ0n) is 8.05. The van der Waals surface area contributed by atoms with Gasteiger partial charge < -0.3 is 5.11 Å². The largest absolute Gasteiger partial charge is 0.481 e. The van der Waals surface area contributed by atoms with Gasteiger partial charge in [0, 0.05) is 5.41 Å². The summed E-state index contributed by atoms with van der Waals surface area (Å²) in [6.45, 7) is 6.86. The minimum absolute atomic E-state index is 0.197. The Morgan fingerprint density at radius 2 is 1.83 bits per heavy atom. The number of carboxylic acid groups (broad SMARTS) is 1. The first-order valence-corrected chi connectivity index (χ1v) is 4.10. The van der Waals surface area contributed by atoms with E-state index >= 15 is 0 Å². The number of hydrogen-bond acceptors (Lipinski definition) is 2. The quantitative estimate of drug-likeness (QED) is 0.657. The summed E-state index contributed by atoms with van der Waals surface area (Å²) in [7, 11) is 0. The highest BCUT2D eigenvalue weighted by atomic mass is 16.4. The molecule has 1 N–H and O–H groups in total. The molecule has 0 heterocycles. The highest BCUT2D eigenvalue weighted by molar-refractivity contribution is 6.00. The molecule has 12 heavy (non-hydrogen) atoms. The van der Waals surface area contributed by atoms with E-state index in [9.17, 15) is 9.59 Å². The summed E-state index contributed by atoms with van der Waals surface area (Å²) in [6, 6.07) is 0. The number of hydrogen-bond donors (Lipinski definition) is 1. The summed E-state index contributed by atoms with van der Waals surface area (Å²) in [4.78, 5) is 21.9. The van der Waals surface area contributed by atoms with Crippen LogP contribution < -0.4 is 0 Å². The minimum Gasteiger partial charge on any atom is -0.481 e. The first kappa shape index (κ1) is 11.1. The minimum atomic E-state index is -1.04. The van der Waals surface area contributed by atoms with Crippen molar-refractivity contribution in [1.82, 2.24) is 0 Å². The molecule has 0 aromatic rings. The van der Waals surface area contributed by atoms with Gasteiger partial charge in [0.25, 0.3) is 0 Å². The van der Waals surface area contributed by atoms with Gasteiger partial charge in [0.1, 0.15) is 5.92 Å². The number of rotatable bonds is 4. The van der Waals surface area contributed by atoms with Crippen molar-refractivity contribution in [3.05, 3.63) is 0 Å². The van der Waals surface area contributed by atoms with E-state index in [1.807, 2.05) is 6.92 Å². The Balaban J connectivity index is 4.49. The summed E-state index contributed by atoms with van der Waals surface area (Å²) in [5.74, 6) is -2.13. The summed E-state index contributed by atoms with van der Waals surface area (Å²) < 4.78 is 0. The fourth-order valence-electron chi connectivity index (χ4n) is 0.872. The van der Waals surface area contributed by atoms with E-state index in [1.165, 1.54) is 6.92 Å². The third-order valence-corrected chi connectivity index (χ3v) is 2.31. The van der Waals surface area contributed by atoms with Crippen LogP contribution in [0.15, 0.2) is 0 Å². The molecule has 0 fully saturated rings. The van der Waals surface area contributed by atoms with Crippen LogP contribution in [0.4, 0.5) is 0 Å². The standard InChI is InChI=1S/C9H16O3/c1-5-9(3,4)7(10)6(2)8(11)12/h6H,5H2,1-4H3,(H,11,12). The van der Waals surface area contributed by atoms with E-state index in [4.69, 9.17) is 5.11 Å². The monoisotopic (exact) mass is 172 g/mol. The van der Waals surface area contributed by atoms with Crippen LogP contribution in [-0.2, 0) is 9.59 Å². The zero-order valence-corrected chi connectivity index (χ0v) is 8.05. The van der Waals surface area contributed by atoms with E-state index in [0.717, 1.165) is 0 Å². The van der Waals surface area contributed by atoms with E-state index in [0.29, 0.717) is 6.42 Å². The first-order valence-electron chi connectivity index (χ1n) is 4.10. The maximum Gasteiger partial charge on any atom is 0.313 e. The van der Waals surface area contributed by atoms with Gasteiger partial charge in [-0.25, -0.2) is 0 Å². The van der Waals surface area contributed by atoms with Crippen LogP contribution in [-0.4, -0.2) is 16.9 Å². The molecule has 0 saturated heterocycles. The molecule has 1 atom stereocenters. The molecule has 1 unspecified atom stereocenters. The Bertz CT molecular complexity index is 194. The highest BCUT2D eigenvalue weighted by Gasteiger charge is 2.33. The molecule has 0 bridgehead atoms. The van der Waals surface area contributed by atoms with Gasteiger partial charge in [-0.3, -0.25) is 9.59 Å². The fraction of sp³-hybridized carbons (Fsp3) is 0.778. The van der Waals surface area contributed by atoms with Crippen LogP contribution in [0.3, 0.4) is 0 Å². The van der Waals surface area contributed by atoms with Crippen LogP contribution in [0.1, 0.15) is 34.1 Å². The second kappa shape index (κ2) is 3.70. The van der Waals surface area contributed by atoms with Crippen molar-refractivity contribution in [2.45, 2.75) is 34.1 Å². The molecule has 3 heteroatoms. The molecule has 0 aromatic carbocycles. The van der Waals surface area contributed by atoms with Gasteiger partial charge in [-0.1, -0.05) is 20.8 Å². The molecular weight excluding hydrogens is 156 g/mol. The predicted molar refractivity (Wildman–Crippen MR) is 45.9 cm³/mol. The van der Waals surface area contributed by atoms with Crippen molar-refractivity contribution in [1.29, 1.82) is 0 Å². The van der Waals surface area contributed by atoms with Crippen LogP contribution >= 0.6 is 0 Å². The lowest BCUT2D eigenvalue weighted by Gasteiger charge is -2.22.